The second-order valence-corrected chi connectivity index (χ2v) is 6.59. The topological polar surface area (TPSA) is 46.3 Å². The van der Waals surface area contributed by atoms with Gasteiger partial charge in [-0.25, -0.2) is 4.39 Å². The predicted octanol–water partition coefficient (Wildman–Crippen LogP) is 4.49. The van der Waals surface area contributed by atoms with Crippen LogP contribution < -0.4 is 4.90 Å². The summed E-state index contributed by atoms with van der Waals surface area (Å²) >= 11 is 18.6. The average Bonchev–Trinajstić information content (AvgIpc) is 3.16. The SMILES string of the molecule is Fc1cccc(Cl)c1-c1c(Cl)nc2nc(Cl)nn2c1N1CCCC1. The molecule has 3 heterocycles. The van der Waals surface area contributed by atoms with E-state index < -0.39 is 5.82 Å². The van der Waals surface area contributed by atoms with E-state index in [9.17, 15) is 4.39 Å². The van der Waals surface area contributed by atoms with Crippen molar-refractivity contribution in [1.29, 1.82) is 0 Å². The molecule has 1 saturated heterocycles. The fourth-order valence-corrected chi connectivity index (χ4v) is 3.67. The Kier molecular flexibility index (Phi) is 3.98. The van der Waals surface area contributed by atoms with Crippen molar-refractivity contribution in [3.8, 4) is 11.1 Å². The Labute approximate surface area is 152 Å². The van der Waals surface area contributed by atoms with Crippen molar-refractivity contribution >= 4 is 46.4 Å². The maximum absolute atomic E-state index is 14.5. The van der Waals surface area contributed by atoms with Crippen molar-refractivity contribution < 1.29 is 4.39 Å². The zero-order valence-corrected chi connectivity index (χ0v) is 14.6. The van der Waals surface area contributed by atoms with Crippen LogP contribution in [0.4, 0.5) is 10.2 Å². The minimum Gasteiger partial charge on any atom is -0.356 e. The lowest BCUT2D eigenvalue weighted by Crippen LogP contribution is -2.23. The van der Waals surface area contributed by atoms with Gasteiger partial charge >= 0.3 is 0 Å². The van der Waals surface area contributed by atoms with Crippen molar-refractivity contribution in [2.24, 2.45) is 0 Å². The highest BCUT2D eigenvalue weighted by Gasteiger charge is 2.27. The predicted molar refractivity (Wildman–Crippen MR) is 92.7 cm³/mol. The van der Waals surface area contributed by atoms with Gasteiger partial charge in [-0.15, -0.1) is 5.10 Å². The molecule has 0 radical (unpaired) electrons. The summed E-state index contributed by atoms with van der Waals surface area (Å²) in [4.78, 5) is 10.3. The first-order chi connectivity index (χ1) is 11.6. The van der Waals surface area contributed by atoms with Crippen LogP contribution in [-0.2, 0) is 0 Å². The summed E-state index contributed by atoms with van der Waals surface area (Å²) < 4.78 is 16.0. The molecule has 0 amide bonds. The van der Waals surface area contributed by atoms with Gasteiger partial charge in [0.2, 0.25) is 5.28 Å². The van der Waals surface area contributed by atoms with E-state index in [1.54, 1.807) is 12.1 Å². The van der Waals surface area contributed by atoms with E-state index in [4.69, 9.17) is 34.8 Å². The summed E-state index contributed by atoms with van der Waals surface area (Å²) in [6.07, 6.45) is 2.04. The number of nitrogens with zero attached hydrogens (tertiary/aromatic N) is 5. The molecule has 1 aromatic carbocycles. The van der Waals surface area contributed by atoms with E-state index in [0.717, 1.165) is 25.9 Å². The molecule has 24 heavy (non-hydrogen) atoms. The Morgan fingerprint density at radius 3 is 2.46 bits per heavy atom. The zero-order valence-electron chi connectivity index (χ0n) is 12.3. The lowest BCUT2D eigenvalue weighted by molar-refractivity contribution is 0.631. The molecule has 0 unspecified atom stereocenters. The van der Waals surface area contributed by atoms with Crippen LogP contribution in [0.15, 0.2) is 18.2 Å². The van der Waals surface area contributed by atoms with E-state index in [1.807, 2.05) is 0 Å². The lowest BCUT2D eigenvalue weighted by Gasteiger charge is -2.23. The molecule has 0 aliphatic carbocycles. The molecule has 3 aromatic rings. The third-order valence-electron chi connectivity index (χ3n) is 4.01. The molecule has 0 spiro atoms. The maximum Gasteiger partial charge on any atom is 0.256 e. The highest BCUT2D eigenvalue weighted by Crippen LogP contribution is 2.42. The summed E-state index contributed by atoms with van der Waals surface area (Å²) in [7, 11) is 0. The summed E-state index contributed by atoms with van der Waals surface area (Å²) in [6.45, 7) is 1.60. The van der Waals surface area contributed by atoms with Crippen molar-refractivity contribution in [1.82, 2.24) is 19.6 Å². The van der Waals surface area contributed by atoms with E-state index in [0.29, 0.717) is 11.4 Å². The fraction of sp³-hybridized carbons (Fsp3) is 0.267. The van der Waals surface area contributed by atoms with Crippen LogP contribution in [0.2, 0.25) is 15.5 Å². The number of benzene rings is 1. The quantitative estimate of drug-likeness (QED) is 0.609. The number of hydrogen-bond acceptors (Lipinski definition) is 4. The van der Waals surface area contributed by atoms with Gasteiger partial charge in [0.05, 0.1) is 10.6 Å². The van der Waals surface area contributed by atoms with Crippen LogP contribution >= 0.6 is 34.8 Å². The molecule has 1 aliphatic heterocycles. The number of anilines is 1. The number of hydrogen-bond donors (Lipinski definition) is 0. The van der Waals surface area contributed by atoms with Gasteiger partial charge in [-0.3, -0.25) is 0 Å². The van der Waals surface area contributed by atoms with Crippen LogP contribution in [0.5, 0.6) is 0 Å². The van der Waals surface area contributed by atoms with E-state index in [-0.39, 0.29) is 26.8 Å². The maximum atomic E-state index is 14.5. The molecule has 2 aromatic heterocycles. The van der Waals surface area contributed by atoms with Crippen LogP contribution in [0.3, 0.4) is 0 Å². The second-order valence-electron chi connectivity index (χ2n) is 5.48. The van der Waals surface area contributed by atoms with Gasteiger partial charge in [0.25, 0.3) is 5.78 Å². The number of halogens is 4. The standard InChI is InChI=1S/C15H11Cl3FN5/c16-8-4-3-5-9(19)10(8)11-12(17)20-15-21-14(18)22-24(15)13(11)23-6-1-2-7-23/h3-5H,1-2,6-7H2. The fourth-order valence-electron chi connectivity index (χ4n) is 3.01. The van der Waals surface area contributed by atoms with Crippen LogP contribution in [0.1, 0.15) is 12.8 Å². The Hall–Kier alpha value is -1.63. The van der Waals surface area contributed by atoms with Crippen LogP contribution in [0, 0.1) is 5.82 Å². The number of fused-ring (bicyclic) bond motifs is 1. The normalized spacial score (nSPS) is 14.8. The van der Waals surface area contributed by atoms with Crippen molar-refractivity contribution in [2.75, 3.05) is 18.0 Å². The minimum atomic E-state index is -0.475. The molecule has 1 fully saturated rings. The summed E-state index contributed by atoms with van der Waals surface area (Å²) in [5, 5.41) is 4.60. The molecule has 0 N–H and O–H groups in total. The Morgan fingerprint density at radius 1 is 1.00 bits per heavy atom. The Bertz CT molecular complexity index is 916. The van der Waals surface area contributed by atoms with Crippen molar-refractivity contribution in [3.63, 3.8) is 0 Å². The van der Waals surface area contributed by atoms with Crippen molar-refractivity contribution in [3.05, 3.63) is 39.5 Å². The molecule has 124 valence electrons. The van der Waals surface area contributed by atoms with Gasteiger partial charge in [-0.2, -0.15) is 14.5 Å². The summed E-state index contributed by atoms with van der Waals surface area (Å²) in [5.41, 5.74) is 0.600. The first-order valence-electron chi connectivity index (χ1n) is 7.37. The van der Waals surface area contributed by atoms with E-state index in [1.165, 1.54) is 10.6 Å². The van der Waals surface area contributed by atoms with Gasteiger partial charge in [0, 0.05) is 18.7 Å². The van der Waals surface area contributed by atoms with Gasteiger partial charge in [-0.1, -0.05) is 29.3 Å². The third-order valence-corrected chi connectivity index (χ3v) is 4.76. The highest BCUT2D eigenvalue weighted by molar-refractivity contribution is 6.36. The van der Waals surface area contributed by atoms with Gasteiger partial charge < -0.3 is 4.90 Å². The Balaban J connectivity index is 2.10. The molecule has 0 saturated carbocycles. The van der Waals surface area contributed by atoms with Crippen LogP contribution in [-0.4, -0.2) is 32.7 Å². The number of aromatic nitrogens is 4. The highest BCUT2D eigenvalue weighted by atomic mass is 35.5. The van der Waals surface area contributed by atoms with Gasteiger partial charge in [0.15, 0.2) is 0 Å². The first-order valence-corrected chi connectivity index (χ1v) is 8.51. The molecule has 9 heteroatoms. The van der Waals surface area contributed by atoms with E-state index in [2.05, 4.69) is 20.0 Å². The average molecular weight is 387 g/mol. The molecule has 1 aliphatic rings. The minimum absolute atomic E-state index is 0.0517. The molecule has 4 rings (SSSR count). The monoisotopic (exact) mass is 385 g/mol. The van der Waals surface area contributed by atoms with Gasteiger partial charge in [-0.05, 0) is 36.6 Å². The second kappa shape index (κ2) is 6.02. The Morgan fingerprint density at radius 2 is 1.75 bits per heavy atom. The largest absolute Gasteiger partial charge is 0.356 e. The molecular weight excluding hydrogens is 376 g/mol. The van der Waals surface area contributed by atoms with E-state index >= 15 is 0 Å². The number of rotatable bonds is 2. The third kappa shape index (κ3) is 2.49. The van der Waals surface area contributed by atoms with Gasteiger partial charge in [0.1, 0.15) is 16.8 Å². The zero-order chi connectivity index (χ0) is 16.8. The smallest absolute Gasteiger partial charge is 0.256 e. The molecule has 5 nitrogen and oxygen atoms in total. The summed E-state index contributed by atoms with van der Waals surface area (Å²) in [6, 6.07) is 4.50. The first kappa shape index (κ1) is 15.9. The molecular formula is C15H11Cl3FN5. The van der Waals surface area contributed by atoms with Crippen molar-refractivity contribution in [2.45, 2.75) is 12.8 Å². The summed E-state index contributed by atoms with van der Waals surface area (Å²) in [5.74, 6) is 0.397. The molecule has 0 bridgehead atoms. The molecule has 0 atom stereocenters. The van der Waals surface area contributed by atoms with Crippen LogP contribution in [0.25, 0.3) is 16.9 Å². The lowest BCUT2D eigenvalue weighted by atomic mass is 10.1.